The zero-order chi connectivity index (χ0) is 19.4. The van der Waals surface area contributed by atoms with Gasteiger partial charge >= 0.3 is 0 Å². The number of hydrogen-bond donors (Lipinski definition) is 0. The van der Waals surface area contributed by atoms with Gasteiger partial charge in [-0.3, -0.25) is 4.79 Å². The maximum Gasteiger partial charge on any atom is 0.164 e. The summed E-state index contributed by atoms with van der Waals surface area (Å²) >= 11 is 0. The van der Waals surface area contributed by atoms with Crippen molar-refractivity contribution in [3.63, 3.8) is 0 Å². The molecule has 1 nitrogen and oxygen atoms in total. The van der Waals surface area contributed by atoms with Gasteiger partial charge in [0.2, 0.25) is 0 Å². The Bertz CT molecular complexity index is 1030. The van der Waals surface area contributed by atoms with Crippen LogP contribution in [0.1, 0.15) is 52.7 Å². The van der Waals surface area contributed by atoms with Gasteiger partial charge in [0.25, 0.3) is 0 Å². The fourth-order valence-corrected chi connectivity index (χ4v) is 2.82. The number of hydrogen-bond acceptors (Lipinski definition) is 1. The van der Waals surface area contributed by atoms with Gasteiger partial charge in [0.05, 0.1) is 0 Å². The van der Waals surface area contributed by atoms with Gasteiger partial charge in [-0.15, -0.1) is 0 Å². The van der Waals surface area contributed by atoms with E-state index in [-0.39, 0.29) is 5.78 Å². The molecule has 0 amide bonds. The summed E-state index contributed by atoms with van der Waals surface area (Å²) in [5, 5.41) is 0. The maximum atomic E-state index is 12.6. The molecule has 0 radical (unpaired) electrons. The summed E-state index contributed by atoms with van der Waals surface area (Å²) in [4.78, 5) is 12.6. The number of carbonyl (C=O) groups excluding carboxylic acids is 1. The molecule has 0 aliphatic rings. The summed E-state index contributed by atoms with van der Waals surface area (Å²) in [6.45, 7) is 0. The van der Waals surface area contributed by atoms with Crippen molar-refractivity contribution in [1.82, 2.24) is 0 Å². The zero-order valence-electron chi connectivity index (χ0n) is 15.8. The fraction of sp³-hybridized carbons (Fsp3) is 0.148. The van der Waals surface area contributed by atoms with Crippen LogP contribution in [-0.4, -0.2) is 5.78 Å². The minimum atomic E-state index is 0.147. The fourth-order valence-electron chi connectivity index (χ4n) is 2.82. The van der Waals surface area contributed by atoms with Gasteiger partial charge in [-0.2, -0.15) is 0 Å². The van der Waals surface area contributed by atoms with Gasteiger partial charge in [-0.05, 0) is 43.2 Å². The summed E-state index contributed by atoms with van der Waals surface area (Å²) in [6.07, 6.45) is 3.08. The van der Waals surface area contributed by atoms with Crippen molar-refractivity contribution >= 4 is 5.78 Å². The lowest BCUT2D eigenvalue weighted by Crippen LogP contribution is -2.01. The van der Waals surface area contributed by atoms with E-state index in [2.05, 4.69) is 23.7 Å². The lowest BCUT2D eigenvalue weighted by atomic mass is 9.99. The van der Waals surface area contributed by atoms with Crippen LogP contribution in [-0.2, 0) is 0 Å². The Labute approximate surface area is 167 Å². The SMILES string of the molecule is O=C(CCCCC#Cc1ccccc1)c1ccccc1C#Cc1ccccc1. The quantitative estimate of drug-likeness (QED) is 0.315. The van der Waals surface area contributed by atoms with E-state index >= 15 is 0 Å². The average Bonchev–Trinajstić information content (AvgIpc) is 2.76. The van der Waals surface area contributed by atoms with Gasteiger partial charge in [-0.1, -0.05) is 78.3 Å². The standard InChI is InChI=1S/C27H22O/c28-27(20-10-2-1-5-13-23-14-6-3-7-15-23)26-19-12-11-18-25(26)22-21-24-16-8-4-9-17-24/h3-4,6-9,11-12,14-19H,1-2,10,20H2. The number of carbonyl (C=O) groups is 1. The smallest absolute Gasteiger partial charge is 0.164 e. The van der Waals surface area contributed by atoms with E-state index in [4.69, 9.17) is 0 Å². The Morgan fingerprint density at radius 2 is 1.25 bits per heavy atom. The normalized spacial score (nSPS) is 9.57. The summed E-state index contributed by atoms with van der Waals surface area (Å²) < 4.78 is 0. The van der Waals surface area contributed by atoms with E-state index in [0.29, 0.717) is 12.0 Å². The highest BCUT2D eigenvalue weighted by atomic mass is 16.1. The highest BCUT2D eigenvalue weighted by Gasteiger charge is 2.09. The van der Waals surface area contributed by atoms with Crippen LogP contribution in [0.5, 0.6) is 0 Å². The molecule has 1 heteroatoms. The van der Waals surface area contributed by atoms with Crippen molar-refractivity contribution in [2.75, 3.05) is 0 Å². The van der Waals surface area contributed by atoms with Gasteiger partial charge in [-0.25, -0.2) is 0 Å². The minimum absolute atomic E-state index is 0.147. The van der Waals surface area contributed by atoms with Crippen molar-refractivity contribution < 1.29 is 4.79 Å². The third-order valence-electron chi connectivity index (χ3n) is 4.30. The van der Waals surface area contributed by atoms with E-state index in [9.17, 15) is 4.79 Å². The van der Waals surface area contributed by atoms with E-state index < -0.39 is 0 Å². The van der Waals surface area contributed by atoms with Crippen molar-refractivity contribution in [2.45, 2.75) is 25.7 Å². The van der Waals surface area contributed by atoms with Crippen molar-refractivity contribution in [3.8, 4) is 23.7 Å². The maximum absolute atomic E-state index is 12.6. The summed E-state index contributed by atoms with van der Waals surface area (Å²) in [5.74, 6) is 12.8. The second-order valence-electron chi connectivity index (χ2n) is 6.46. The third kappa shape index (κ3) is 6.01. The predicted molar refractivity (Wildman–Crippen MR) is 115 cm³/mol. The second-order valence-corrected chi connectivity index (χ2v) is 6.46. The van der Waals surface area contributed by atoms with Crippen LogP contribution in [0.4, 0.5) is 0 Å². The molecule has 0 saturated carbocycles. The number of unbranched alkanes of at least 4 members (excludes halogenated alkanes) is 2. The van der Waals surface area contributed by atoms with Crippen LogP contribution in [0, 0.1) is 23.7 Å². The van der Waals surface area contributed by atoms with Crippen LogP contribution in [0.15, 0.2) is 84.9 Å². The molecule has 0 atom stereocenters. The second kappa shape index (κ2) is 10.6. The Morgan fingerprint density at radius 3 is 1.96 bits per heavy atom. The highest BCUT2D eigenvalue weighted by molar-refractivity contribution is 5.98. The topological polar surface area (TPSA) is 17.1 Å². The molecular weight excluding hydrogens is 340 g/mol. The van der Waals surface area contributed by atoms with Crippen LogP contribution in [0.2, 0.25) is 0 Å². The van der Waals surface area contributed by atoms with E-state index in [1.807, 2.05) is 84.9 Å². The largest absolute Gasteiger partial charge is 0.294 e. The Balaban J connectivity index is 1.54. The summed E-state index contributed by atoms with van der Waals surface area (Å²) in [6, 6.07) is 27.4. The predicted octanol–water partition coefficient (Wildman–Crippen LogP) is 5.88. The molecule has 3 aromatic carbocycles. The third-order valence-corrected chi connectivity index (χ3v) is 4.30. The Morgan fingerprint density at radius 1 is 0.643 bits per heavy atom. The van der Waals surface area contributed by atoms with Crippen LogP contribution < -0.4 is 0 Å². The van der Waals surface area contributed by atoms with Crippen molar-refractivity contribution in [1.29, 1.82) is 0 Å². The number of benzene rings is 3. The Hall–Kier alpha value is -3.55. The van der Waals surface area contributed by atoms with Crippen LogP contribution in [0.3, 0.4) is 0 Å². The van der Waals surface area contributed by atoms with Gasteiger partial charge in [0, 0.05) is 35.1 Å². The van der Waals surface area contributed by atoms with E-state index in [1.54, 1.807) is 0 Å². The number of Topliss-reactive ketones (excluding diaryl/α,β-unsaturated/α-hetero) is 1. The first-order chi connectivity index (χ1) is 13.8. The minimum Gasteiger partial charge on any atom is -0.294 e. The molecule has 28 heavy (non-hydrogen) atoms. The van der Waals surface area contributed by atoms with Crippen molar-refractivity contribution in [3.05, 3.63) is 107 Å². The first kappa shape index (κ1) is 19.2. The lowest BCUT2D eigenvalue weighted by molar-refractivity contribution is 0.0979. The lowest BCUT2D eigenvalue weighted by Gasteiger charge is -2.03. The monoisotopic (exact) mass is 362 g/mol. The molecule has 0 bridgehead atoms. The Kier molecular flexibility index (Phi) is 7.25. The molecule has 0 aliphatic heterocycles. The summed E-state index contributed by atoms with van der Waals surface area (Å²) in [7, 11) is 0. The molecule has 0 N–H and O–H groups in total. The molecular formula is C27H22O. The van der Waals surface area contributed by atoms with Gasteiger partial charge < -0.3 is 0 Å². The molecule has 0 aromatic heterocycles. The summed E-state index contributed by atoms with van der Waals surface area (Å²) in [5.41, 5.74) is 3.48. The van der Waals surface area contributed by atoms with Crippen molar-refractivity contribution in [2.24, 2.45) is 0 Å². The van der Waals surface area contributed by atoms with Gasteiger partial charge in [0.1, 0.15) is 0 Å². The molecule has 3 aromatic rings. The molecule has 0 unspecified atom stereocenters. The first-order valence-electron chi connectivity index (χ1n) is 9.56. The van der Waals surface area contributed by atoms with Crippen LogP contribution in [0.25, 0.3) is 0 Å². The van der Waals surface area contributed by atoms with E-state index in [0.717, 1.165) is 36.0 Å². The molecule has 3 rings (SSSR count). The average molecular weight is 362 g/mol. The molecule has 0 saturated heterocycles. The molecule has 0 heterocycles. The van der Waals surface area contributed by atoms with E-state index in [1.165, 1.54) is 0 Å². The number of ketones is 1. The van der Waals surface area contributed by atoms with Gasteiger partial charge in [0.15, 0.2) is 5.78 Å². The molecule has 136 valence electrons. The van der Waals surface area contributed by atoms with Crippen LogP contribution >= 0.6 is 0 Å². The zero-order valence-corrected chi connectivity index (χ0v) is 15.8. The molecule has 0 aliphatic carbocycles. The molecule has 0 fully saturated rings. The first-order valence-corrected chi connectivity index (χ1v) is 9.56. The molecule has 0 spiro atoms. The number of rotatable bonds is 5. The highest BCUT2D eigenvalue weighted by Crippen LogP contribution is 2.13.